The van der Waals surface area contributed by atoms with Crippen molar-refractivity contribution in [3.63, 3.8) is 0 Å². The first-order valence-electron chi connectivity index (χ1n) is 8.78. The molecule has 0 saturated carbocycles. The maximum Gasteiger partial charge on any atom is 0.419 e. The average molecular weight is 427 g/mol. The second-order valence-corrected chi connectivity index (χ2v) is 9.13. The zero-order chi connectivity index (χ0) is 20.4. The SMILES string of the molecule is CC(C)(S)CN(C(=O)Oc1ccc(-c2nn[nH]n2)cc1)c1ccc2ncsc2c1. The summed E-state index contributed by atoms with van der Waals surface area (Å²) in [6.45, 7) is 4.27. The van der Waals surface area contributed by atoms with Gasteiger partial charge in [-0.15, -0.1) is 21.5 Å². The van der Waals surface area contributed by atoms with Gasteiger partial charge in [0.2, 0.25) is 5.82 Å². The zero-order valence-corrected chi connectivity index (χ0v) is 17.4. The largest absolute Gasteiger partial charge is 0.419 e. The van der Waals surface area contributed by atoms with Gasteiger partial charge in [-0.1, -0.05) is 0 Å². The normalized spacial score (nSPS) is 11.6. The van der Waals surface area contributed by atoms with Gasteiger partial charge in [0.05, 0.1) is 15.7 Å². The van der Waals surface area contributed by atoms with E-state index in [0.717, 1.165) is 21.5 Å². The van der Waals surface area contributed by atoms with Gasteiger partial charge in [-0.05, 0) is 61.5 Å². The van der Waals surface area contributed by atoms with Crippen LogP contribution in [0.15, 0.2) is 48.0 Å². The van der Waals surface area contributed by atoms with Crippen LogP contribution >= 0.6 is 24.0 Å². The molecule has 148 valence electrons. The maximum atomic E-state index is 13.0. The van der Waals surface area contributed by atoms with Gasteiger partial charge in [-0.25, -0.2) is 9.78 Å². The molecule has 0 aliphatic carbocycles. The molecular weight excluding hydrogens is 408 g/mol. The van der Waals surface area contributed by atoms with Gasteiger partial charge in [0.25, 0.3) is 0 Å². The Balaban J connectivity index is 1.57. The van der Waals surface area contributed by atoms with Crippen LogP contribution < -0.4 is 9.64 Å². The van der Waals surface area contributed by atoms with E-state index in [-0.39, 0.29) is 0 Å². The first kappa shape index (κ1) is 19.3. The molecule has 0 aliphatic rings. The van der Waals surface area contributed by atoms with Crippen LogP contribution in [0, 0.1) is 0 Å². The highest BCUT2D eigenvalue weighted by Gasteiger charge is 2.25. The number of amides is 1. The van der Waals surface area contributed by atoms with Gasteiger partial charge in [0.1, 0.15) is 5.75 Å². The van der Waals surface area contributed by atoms with E-state index >= 15 is 0 Å². The highest BCUT2D eigenvalue weighted by Crippen LogP contribution is 2.28. The number of tetrazole rings is 1. The van der Waals surface area contributed by atoms with Crippen molar-refractivity contribution in [2.75, 3.05) is 11.4 Å². The van der Waals surface area contributed by atoms with Crippen LogP contribution in [0.1, 0.15) is 13.8 Å². The smallest absolute Gasteiger partial charge is 0.410 e. The van der Waals surface area contributed by atoms with Gasteiger partial charge < -0.3 is 4.74 Å². The Morgan fingerprint density at radius 3 is 2.72 bits per heavy atom. The minimum absolute atomic E-state index is 0.375. The molecule has 0 aliphatic heterocycles. The Morgan fingerprint density at radius 1 is 1.24 bits per heavy atom. The molecular formula is C19H18N6O2S2. The lowest BCUT2D eigenvalue weighted by molar-refractivity contribution is 0.207. The van der Waals surface area contributed by atoms with E-state index in [1.54, 1.807) is 34.7 Å². The third kappa shape index (κ3) is 4.54. The van der Waals surface area contributed by atoms with Crippen LogP contribution in [0.2, 0.25) is 0 Å². The molecule has 0 radical (unpaired) electrons. The fourth-order valence-corrected chi connectivity index (χ4v) is 3.62. The molecule has 4 rings (SSSR count). The molecule has 8 nitrogen and oxygen atoms in total. The number of aromatic nitrogens is 5. The lowest BCUT2D eigenvalue weighted by Crippen LogP contribution is -2.41. The van der Waals surface area contributed by atoms with Crippen LogP contribution in [0.3, 0.4) is 0 Å². The summed E-state index contributed by atoms with van der Waals surface area (Å²) in [4.78, 5) is 18.9. The van der Waals surface area contributed by atoms with E-state index in [4.69, 9.17) is 4.74 Å². The van der Waals surface area contributed by atoms with Crippen LogP contribution in [0.25, 0.3) is 21.6 Å². The number of nitrogens with one attached hydrogen (secondary N) is 1. The molecule has 2 aromatic carbocycles. The number of thiazole rings is 1. The summed E-state index contributed by atoms with van der Waals surface area (Å²) in [7, 11) is 0. The molecule has 29 heavy (non-hydrogen) atoms. The Bertz CT molecular complexity index is 1120. The molecule has 0 bridgehead atoms. The minimum atomic E-state index is -0.483. The molecule has 0 saturated heterocycles. The number of fused-ring (bicyclic) bond motifs is 1. The van der Waals surface area contributed by atoms with Gasteiger partial charge in [-0.2, -0.15) is 17.8 Å². The number of thiol groups is 1. The van der Waals surface area contributed by atoms with Crippen LogP contribution in [0.5, 0.6) is 5.75 Å². The second-order valence-electron chi connectivity index (χ2n) is 7.03. The molecule has 0 spiro atoms. The highest BCUT2D eigenvalue weighted by atomic mass is 32.1. The fraction of sp³-hybridized carbons (Fsp3) is 0.211. The van der Waals surface area contributed by atoms with E-state index in [2.05, 4.69) is 38.2 Å². The quantitative estimate of drug-likeness (QED) is 0.465. The third-order valence-electron chi connectivity index (χ3n) is 4.05. The number of aromatic amines is 1. The molecule has 1 N–H and O–H groups in total. The Kier molecular flexibility index (Phi) is 5.20. The van der Waals surface area contributed by atoms with Gasteiger partial charge in [0, 0.05) is 22.5 Å². The van der Waals surface area contributed by atoms with Gasteiger partial charge in [-0.3, -0.25) is 4.90 Å². The molecule has 0 fully saturated rings. The summed E-state index contributed by atoms with van der Waals surface area (Å²) in [5.74, 6) is 0.891. The monoisotopic (exact) mass is 426 g/mol. The van der Waals surface area contributed by atoms with Crippen LogP contribution in [0.4, 0.5) is 10.5 Å². The number of carbonyl (C=O) groups excluding carboxylic acids is 1. The predicted octanol–water partition coefficient (Wildman–Crippen LogP) is 4.19. The number of benzene rings is 2. The van der Waals surface area contributed by atoms with E-state index in [9.17, 15) is 4.79 Å². The summed E-state index contributed by atoms with van der Waals surface area (Å²) in [6, 6.07) is 12.6. The number of nitrogens with zero attached hydrogens (tertiary/aromatic N) is 5. The van der Waals surface area contributed by atoms with Crippen LogP contribution in [-0.2, 0) is 0 Å². The molecule has 0 atom stereocenters. The van der Waals surface area contributed by atoms with Crippen molar-refractivity contribution >= 4 is 46.0 Å². The lowest BCUT2D eigenvalue weighted by atomic mass is 10.1. The summed E-state index contributed by atoms with van der Waals surface area (Å²) in [5.41, 5.74) is 4.18. The minimum Gasteiger partial charge on any atom is -0.410 e. The zero-order valence-electron chi connectivity index (χ0n) is 15.7. The van der Waals surface area contributed by atoms with E-state index < -0.39 is 10.8 Å². The Labute approximate surface area is 176 Å². The van der Waals surface area contributed by atoms with Crippen molar-refractivity contribution in [2.24, 2.45) is 0 Å². The lowest BCUT2D eigenvalue weighted by Gasteiger charge is -2.28. The summed E-state index contributed by atoms with van der Waals surface area (Å²) >= 11 is 6.12. The molecule has 4 aromatic rings. The second kappa shape index (κ2) is 7.80. The maximum absolute atomic E-state index is 13.0. The van der Waals surface area contributed by atoms with E-state index in [1.807, 2.05) is 32.0 Å². The fourth-order valence-electron chi connectivity index (χ4n) is 2.77. The summed E-state index contributed by atoms with van der Waals surface area (Å²) < 4.78 is 6.21. The highest BCUT2D eigenvalue weighted by molar-refractivity contribution is 7.81. The van der Waals surface area contributed by atoms with Crippen molar-refractivity contribution in [2.45, 2.75) is 18.6 Å². The van der Waals surface area contributed by atoms with Crippen LogP contribution in [-0.4, -0.2) is 43.0 Å². The van der Waals surface area contributed by atoms with Crippen molar-refractivity contribution in [1.82, 2.24) is 25.6 Å². The first-order chi connectivity index (χ1) is 13.9. The number of anilines is 1. The Morgan fingerprint density at radius 2 is 2.03 bits per heavy atom. The predicted molar refractivity (Wildman–Crippen MR) is 116 cm³/mol. The number of carbonyl (C=O) groups is 1. The van der Waals surface area contributed by atoms with Crippen molar-refractivity contribution in [3.05, 3.63) is 48.0 Å². The summed E-state index contributed by atoms with van der Waals surface area (Å²) in [5, 5.41) is 13.8. The average Bonchev–Trinajstić information content (AvgIpc) is 3.37. The number of ether oxygens (including phenoxy) is 1. The van der Waals surface area contributed by atoms with Crippen molar-refractivity contribution in [3.8, 4) is 17.1 Å². The van der Waals surface area contributed by atoms with Gasteiger partial charge >= 0.3 is 6.09 Å². The molecule has 0 unspecified atom stereocenters. The number of hydrogen-bond acceptors (Lipinski definition) is 8. The van der Waals surface area contributed by atoms with Gasteiger partial charge in [0.15, 0.2) is 0 Å². The molecule has 10 heteroatoms. The summed E-state index contributed by atoms with van der Waals surface area (Å²) in [6.07, 6.45) is -0.483. The van der Waals surface area contributed by atoms with Crippen molar-refractivity contribution in [1.29, 1.82) is 0 Å². The Hall–Kier alpha value is -2.98. The molecule has 2 aromatic heterocycles. The van der Waals surface area contributed by atoms with Crippen molar-refractivity contribution < 1.29 is 9.53 Å². The number of rotatable bonds is 5. The van der Waals surface area contributed by atoms with E-state index in [0.29, 0.717) is 18.1 Å². The number of hydrogen-bond donors (Lipinski definition) is 2. The standard InChI is InChI=1S/C19H18N6O2S2/c1-19(2,28)10-25(13-5-8-15-16(9-13)29-11-20-15)18(26)27-14-6-3-12(4-7-14)17-21-23-24-22-17/h3-9,11,28H,10H2,1-2H3,(H,21,22,23,24). The molecule has 1 amide bonds. The topological polar surface area (TPSA) is 96.9 Å². The van der Waals surface area contributed by atoms with E-state index in [1.165, 1.54) is 11.3 Å². The third-order valence-corrected chi connectivity index (χ3v) is 4.99. The number of H-pyrrole nitrogens is 1. The molecule has 2 heterocycles. The first-order valence-corrected chi connectivity index (χ1v) is 10.1.